The number of hydrogen-bond donors (Lipinski definition) is 1. The van der Waals surface area contributed by atoms with Crippen LogP contribution in [-0.4, -0.2) is 42.0 Å². The second kappa shape index (κ2) is 8.64. The molecule has 0 radical (unpaired) electrons. The molecule has 0 saturated carbocycles. The van der Waals surface area contributed by atoms with Crippen LogP contribution in [0.5, 0.6) is 5.75 Å². The van der Waals surface area contributed by atoms with Crippen molar-refractivity contribution in [2.45, 2.75) is 12.3 Å². The summed E-state index contributed by atoms with van der Waals surface area (Å²) < 4.78 is 5.48. The van der Waals surface area contributed by atoms with Gasteiger partial charge >= 0.3 is 5.69 Å². The summed E-state index contributed by atoms with van der Waals surface area (Å²) >= 11 is 0. The number of nitrogens with two attached hydrogens (primary N) is 1. The van der Waals surface area contributed by atoms with E-state index in [-0.39, 0.29) is 42.2 Å². The van der Waals surface area contributed by atoms with Crippen molar-refractivity contribution < 1.29 is 14.5 Å². The van der Waals surface area contributed by atoms with Crippen LogP contribution in [0.25, 0.3) is 0 Å². The van der Waals surface area contributed by atoms with Crippen LogP contribution < -0.4 is 10.5 Å². The van der Waals surface area contributed by atoms with Gasteiger partial charge in [-0.15, -0.1) is 0 Å². The third-order valence-corrected chi connectivity index (χ3v) is 4.96. The maximum Gasteiger partial charge on any atom is 0.310 e. The van der Waals surface area contributed by atoms with E-state index in [0.717, 1.165) is 0 Å². The van der Waals surface area contributed by atoms with Gasteiger partial charge in [0.1, 0.15) is 0 Å². The Morgan fingerprint density at radius 3 is 2.56 bits per heavy atom. The summed E-state index contributed by atoms with van der Waals surface area (Å²) in [7, 11) is 0. The third-order valence-electron chi connectivity index (χ3n) is 4.96. The van der Waals surface area contributed by atoms with Crippen LogP contribution in [0.15, 0.2) is 54.6 Å². The first-order chi connectivity index (χ1) is 13.1. The van der Waals surface area contributed by atoms with Gasteiger partial charge in [0.25, 0.3) is 0 Å². The number of likely N-dealkylation sites (tertiary alicyclic amines) is 1. The smallest absolute Gasteiger partial charge is 0.310 e. The highest BCUT2D eigenvalue weighted by Crippen LogP contribution is 2.32. The SMILES string of the molecule is NC[C@@H]1CN(C(=O)CCOc2ccccc2[N+](=O)[O-])C[C@H]1c1ccccc1. The molecule has 1 aliphatic heterocycles. The fourth-order valence-corrected chi connectivity index (χ4v) is 3.53. The van der Waals surface area contributed by atoms with Gasteiger partial charge in [0.15, 0.2) is 5.75 Å². The van der Waals surface area contributed by atoms with E-state index in [1.807, 2.05) is 23.1 Å². The van der Waals surface area contributed by atoms with E-state index < -0.39 is 4.92 Å². The van der Waals surface area contributed by atoms with E-state index in [1.165, 1.54) is 17.7 Å². The van der Waals surface area contributed by atoms with E-state index in [0.29, 0.717) is 19.6 Å². The first-order valence-electron chi connectivity index (χ1n) is 8.99. The molecule has 2 atom stereocenters. The Morgan fingerprint density at radius 1 is 1.15 bits per heavy atom. The predicted octanol–water partition coefficient (Wildman–Crippen LogP) is 2.56. The number of nitrogens with zero attached hydrogens (tertiary/aromatic N) is 2. The maximum atomic E-state index is 12.6. The second-order valence-electron chi connectivity index (χ2n) is 6.63. The van der Waals surface area contributed by atoms with Crippen LogP contribution >= 0.6 is 0 Å². The van der Waals surface area contributed by atoms with Crippen molar-refractivity contribution >= 4 is 11.6 Å². The average molecular weight is 369 g/mol. The molecular weight excluding hydrogens is 346 g/mol. The van der Waals surface area contributed by atoms with Gasteiger partial charge in [0.05, 0.1) is 18.0 Å². The lowest BCUT2D eigenvalue weighted by Gasteiger charge is -2.17. The Bertz CT molecular complexity index is 797. The number of nitro benzene ring substituents is 1. The van der Waals surface area contributed by atoms with Crippen LogP contribution in [0, 0.1) is 16.0 Å². The van der Waals surface area contributed by atoms with Crippen molar-refractivity contribution in [1.82, 2.24) is 4.90 Å². The Labute approximate surface area is 157 Å². The molecule has 0 spiro atoms. The number of carbonyl (C=O) groups excluding carboxylic acids is 1. The number of ether oxygens (including phenoxy) is 1. The van der Waals surface area contributed by atoms with E-state index >= 15 is 0 Å². The molecule has 1 heterocycles. The van der Waals surface area contributed by atoms with Gasteiger partial charge in [-0.1, -0.05) is 42.5 Å². The maximum absolute atomic E-state index is 12.6. The molecule has 0 aromatic heterocycles. The van der Waals surface area contributed by atoms with Crippen LogP contribution in [0.1, 0.15) is 17.9 Å². The van der Waals surface area contributed by atoms with E-state index in [9.17, 15) is 14.9 Å². The van der Waals surface area contributed by atoms with Crippen molar-refractivity contribution in [3.8, 4) is 5.75 Å². The molecule has 2 aromatic rings. The molecule has 0 aliphatic carbocycles. The third kappa shape index (κ3) is 4.43. The summed E-state index contributed by atoms with van der Waals surface area (Å²) in [4.78, 5) is 24.9. The monoisotopic (exact) mass is 369 g/mol. The molecule has 27 heavy (non-hydrogen) atoms. The van der Waals surface area contributed by atoms with Crippen molar-refractivity contribution in [1.29, 1.82) is 0 Å². The van der Waals surface area contributed by atoms with Crippen LogP contribution in [0.3, 0.4) is 0 Å². The zero-order valence-corrected chi connectivity index (χ0v) is 15.0. The van der Waals surface area contributed by atoms with Crippen molar-refractivity contribution in [2.24, 2.45) is 11.7 Å². The molecule has 3 rings (SSSR count). The Morgan fingerprint density at radius 2 is 1.85 bits per heavy atom. The molecule has 7 nitrogen and oxygen atoms in total. The predicted molar refractivity (Wildman–Crippen MR) is 102 cm³/mol. The normalized spacial score (nSPS) is 19.1. The summed E-state index contributed by atoms with van der Waals surface area (Å²) in [6.07, 6.45) is 0.171. The zero-order valence-electron chi connectivity index (χ0n) is 15.0. The number of para-hydroxylation sites is 2. The van der Waals surface area contributed by atoms with Gasteiger partial charge in [-0.25, -0.2) is 0 Å². The molecule has 142 valence electrons. The minimum atomic E-state index is -0.492. The number of benzene rings is 2. The average Bonchev–Trinajstić information content (AvgIpc) is 3.13. The number of carbonyl (C=O) groups is 1. The zero-order chi connectivity index (χ0) is 19.2. The van der Waals surface area contributed by atoms with E-state index in [4.69, 9.17) is 10.5 Å². The molecule has 0 unspecified atom stereocenters. The molecule has 0 bridgehead atoms. The number of hydrogen-bond acceptors (Lipinski definition) is 5. The lowest BCUT2D eigenvalue weighted by Crippen LogP contribution is -2.30. The summed E-state index contributed by atoms with van der Waals surface area (Å²) in [6.45, 7) is 1.89. The highest BCUT2D eigenvalue weighted by molar-refractivity contribution is 5.76. The van der Waals surface area contributed by atoms with Crippen LogP contribution in [-0.2, 0) is 4.79 Å². The second-order valence-corrected chi connectivity index (χ2v) is 6.63. The first kappa shape index (κ1) is 18.8. The molecule has 2 N–H and O–H groups in total. The standard InChI is InChI=1S/C20H23N3O4/c21-12-16-13-22(14-17(16)15-6-2-1-3-7-15)20(24)10-11-27-19-9-5-4-8-18(19)23(25)26/h1-9,16-17H,10-14,21H2/t16-,17+/m1/s1. The number of rotatable bonds is 7. The quantitative estimate of drug-likeness (QED) is 0.597. The Balaban J connectivity index is 1.57. The molecule has 1 fully saturated rings. The molecule has 1 aliphatic rings. The van der Waals surface area contributed by atoms with E-state index in [2.05, 4.69) is 12.1 Å². The summed E-state index contributed by atoms with van der Waals surface area (Å²) in [6, 6.07) is 16.3. The van der Waals surface area contributed by atoms with Crippen LogP contribution in [0.4, 0.5) is 5.69 Å². The highest BCUT2D eigenvalue weighted by Gasteiger charge is 2.35. The molecule has 1 saturated heterocycles. The molecule has 2 aromatic carbocycles. The highest BCUT2D eigenvalue weighted by atomic mass is 16.6. The summed E-state index contributed by atoms with van der Waals surface area (Å²) in [5.41, 5.74) is 7.01. The van der Waals surface area contributed by atoms with Gasteiger partial charge < -0.3 is 15.4 Å². The van der Waals surface area contributed by atoms with Crippen molar-refractivity contribution in [3.63, 3.8) is 0 Å². The van der Waals surface area contributed by atoms with Gasteiger partial charge in [0, 0.05) is 25.1 Å². The minimum Gasteiger partial charge on any atom is -0.486 e. The minimum absolute atomic E-state index is 0.0227. The van der Waals surface area contributed by atoms with Crippen LogP contribution in [0.2, 0.25) is 0 Å². The van der Waals surface area contributed by atoms with E-state index in [1.54, 1.807) is 12.1 Å². The molecule has 1 amide bonds. The van der Waals surface area contributed by atoms with Gasteiger partial charge in [-0.3, -0.25) is 14.9 Å². The van der Waals surface area contributed by atoms with Gasteiger partial charge in [-0.05, 0) is 24.1 Å². The topological polar surface area (TPSA) is 98.7 Å². The largest absolute Gasteiger partial charge is 0.486 e. The van der Waals surface area contributed by atoms with Crippen molar-refractivity contribution in [2.75, 3.05) is 26.2 Å². The summed E-state index contributed by atoms with van der Waals surface area (Å²) in [5.74, 6) is 0.618. The first-order valence-corrected chi connectivity index (χ1v) is 8.99. The lowest BCUT2D eigenvalue weighted by atomic mass is 9.89. The number of amides is 1. The molecular formula is C20H23N3O4. The Kier molecular flexibility index (Phi) is 6.03. The Hall–Kier alpha value is -2.93. The fraction of sp³-hybridized carbons (Fsp3) is 0.350. The molecule has 7 heteroatoms. The van der Waals surface area contributed by atoms with Crippen molar-refractivity contribution in [3.05, 3.63) is 70.3 Å². The van der Waals surface area contributed by atoms with Gasteiger partial charge in [-0.2, -0.15) is 0 Å². The van der Waals surface area contributed by atoms with Gasteiger partial charge in [0.2, 0.25) is 5.91 Å². The summed E-state index contributed by atoms with van der Waals surface area (Å²) in [5, 5.41) is 11.0. The number of nitro groups is 1. The fourth-order valence-electron chi connectivity index (χ4n) is 3.53. The lowest BCUT2D eigenvalue weighted by molar-refractivity contribution is -0.385.